The summed E-state index contributed by atoms with van der Waals surface area (Å²) < 4.78 is 1.89. The Kier molecular flexibility index (Phi) is 5.55. The molecule has 1 fully saturated rings. The van der Waals surface area contributed by atoms with Gasteiger partial charge in [-0.05, 0) is 69.1 Å². The Morgan fingerprint density at radius 2 is 1.70 bits per heavy atom. The third-order valence-corrected chi connectivity index (χ3v) is 5.70. The predicted octanol–water partition coefficient (Wildman–Crippen LogP) is 4.65. The lowest BCUT2D eigenvalue weighted by atomic mass is 9.94. The maximum atomic E-state index is 5.96. The Bertz CT molecular complexity index is 862. The van der Waals surface area contributed by atoms with Crippen molar-refractivity contribution >= 4 is 11.6 Å². The molecule has 1 aliphatic rings. The molecule has 0 spiro atoms. The van der Waals surface area contributed by atoms with Gasteiger partial charge in [0.25, 0.3) is 0 Å². The van der Waals surface area contributed by atoms with Crippen molar-refractivity contribution in [2.75, 3.05) is 19.6 Å². The first-order valence-corrected chi connectivity index (χ1v) is 10.0. The molecule has 1 saturated heterocycles. The first-order valence-electron chi connectivity index (χ1n) is 9.63. The van der Waals surface area contributed by atoms with Crippen LogP contribution in [0.2, 0.25) is 5.02 Å². The molecule has 27 heavy (non-hydrogen) atoms. The van der Waals surface area contributed by atoms with Gasteiger partial charge in [0.2, 0.25) is 0 Å². The molecular formula is C22H25ClN4. The van der Waals surface area contributed by atoms with Crippen LogP contribution in [0, 0.1) is 6.92 Å². The Morgan fingerprint density at radius 1 is 1.00 bits per heavy atom. The molecule has 3 aromatic rings. The van der Waals surface area contributed by atoms with E-state index in [9.17, 15) is 0 Å². The Labute approximate surface area is 165 Å². The van der Waals surface area contributed by atoms with Crippen LogP contribution in [-0.2, 0) is 6.42 Å². The van der Waals surface area contributed by atoms with Gasteiger partial charge in [0.1, 0.15) is 0 Å². The summed E-state index contributed by atoms with van der Waals surface area (Å²) in [6.07, 6.45) is 5.46. The molecule has 1 aliphatic heterocycles. The summed E-state index contributed by atoms with van der Waals surface area (Å²) in [6, 6.07) is 16.6. The molecule has 1 aromatic heterocycles. The summed E-state index contributed by atoms with van der Waals surface area (Å²) >= 11 is 5.96. The van der Waals surface area contributed by atoms with Crippen LogP contribution in [0.25, 0.3) is 5.69 Å². The zero-order valence-electron chi connectivity index (χ0n) is 15.7. The van der Waals surface area contributed by atoms with Gasteiger partial charge in [-0.2, -0.15) is 0 Å². The number of rotatable bonds is 5. The Hall–Kier alpha value is -2.17. The molecule has 2 aromatic carbocycles. The average molecular weight is 381 g/mol. The van der Waals surface area contributed by atoms with Gasteiger partial charge in [-0.15, -0.1) is 5.10 Å². The summed E-state index contributed by atoms with van der Waals surface area (Å²) in [5.41, 5.74) is 4.79. The topological polar surface area (TPSA) is 34.0 Å². The normalized spacial score (nSPS) is 15.9. The van der Waals surface area contributed by atoms with E-state index in [1.165, 1.54) is 11.1 Å². The molecule has 5 heteroatoms. The van der Waals surface area contributed by atoms with Crippen molar-refractivity contribution in [1.29, 1.82) is 0 Å². The zero-order chi connectivity index (χ0) is 18.6. The van der Waals surface area contributed by atoms with E-state index < -0.39 is 0 Å². The van der Waals surface area contributed by atoms with Gasteiger partial charge in [0.15, 0.2) is 0 Å². The lowest BCUT2D eigenvalue weighted by Crippen LogP contribution is -2.34. The maximum absolute atomic E-state index is 5.96. The molecule has 0 saturated carbocycles. The van der Waals surface area contributed by atoms with Gasteiger partial charge in [-0.25, -0.2) is 4.68 Å². The number of aryl methyl sites for hydroxylation is 1. The fourth-order valence-electron chi connectivity index (χ4n) is 3.68. The summed E-state index contributed by atoms with van der Waals surface area (Å²) in [5.74, 6) is 0.510. The third kappa shape index (κ3) is 4.57. The zero-order valence-corrected chi connectivity index (χ0v) is 16.4. The molecule has 4 nitrogen and oxygen atoms in total. The Balaban J connectivity index is 1.30. The minimum Gasteiger partial charge on any atom is -0.303 e. The summed E-state index contributed by atoms with van der Waals surface area (Å²) in [7, 11) is 0. The van der Waals surface area contributed by atoms with Gasteiger partial charge < -0.3 is 4.90 Å². The van der Waals surface area contributed by atoms with Crippen molar-refractivity contribution in [1.82, 2.24) is 19.9 Å². The number of benzene rings is 2. The van der Waals surface area contributed by atoms with E-state index in [-0.39, 0.29) is 0 Å². The van der Waals surface area contributed by atoms with Crippen LogP contribution in [0.5, 0.6) is 0 Å². The highest BCUT2D eigenvalue weighted by atomic mass is 35.5. The van der Waals surface area contributed by atoms with Crippen molar-refractivity contribution in [3.05, 3.63) is 76.6 Å². The molecular weight excluding hydrogens is 356 g/mol. The van der Waals surface area contributed by atoms with Gasteiger partial charge in [-0.1, -0.05) is 46.6 Å². The lowest BCUT2D eigenvalue weighted by Gasteiger charge is -2.31. The number of likely N-dealkylation sites (tertiary alicyclic amines) is 1. The third-order valence-electron chi connectivity index (χ3n) is 5.45. The van der Waals surface area contributed by atoms with Crippen LogP contribution in [-0.4, -0.2) is 39.5 Å². The van der Waals surface area contributed by atoms with Gasteiger partial charge >= 0.3 is 0 Å². The fourth-order valence-corrected chi connectivity index (χ4v) is 3.80. The number of hydrogen-bond acceptors (Lipinski definition) is 3. The van der Waals surface area contributed by atoms with Crippen LogP contribution in [0.1, 0.15) is 35.6 Å². The second kappa shape index (κ2) is 8.24. The standard InChI is InChI=1S/C22H25ClN4/c1-17-2-8-21(9-3-17)27-16-22(24-25-27)19-11-14-26(15-12-19)13-10-18-4-6-20(23)7-5-18/h2-9,16,19H,10-15H2,1H3. The Morgan fingerprint density at radius 3 is 2.41 bits per heavy atom. The van der Waals surface area contributed by atoms with Crippen molar-refractivity contribution in [2.45, 2.75) is 32.1 Å². The van der Waals surface area contributed by atoms with Crippen LogP contribution < -0.4 is 0 Å². The minimum absolute atomic E-state index is 0.510. The molecule has 0 radical (unpaired) electrons. The number of hydrogen-bond donors (Lipinski definition) is 0. The second-order valence-electron chi connectivity index (χ2n) is 7.42. The largest absolute Gasteiger partial charge is 0.303 e. The second-order valence-corrected chi connectivity index (χ2v) is 7.85. The summed E-state index contributed by atoms with van der Waals surface area (Å²) in [6.45, 7) is 5.44. The van der Waals surface area contributed by atoms with E-state index in [1.54, 1.807) is 0 Å². The van der Waals surface area contributed by atoms with E-state index in [0.29, 0.717) is 5.92 Å². The van der Waals surface area contributed by atoms with Crippen LogP contribution in [0.3, 0.4) is 0 Å². The van der Waals surface area contributed by atoms with Crippen molar-refractivity contribution in [3.63, 3.8) is 0 Å². The molecule has 0 amide bonds. The quantitative estimate of drug-likeness (QED) is 0.646. The van der Waals surface area contributed by atoms with Gasteiger partial charge in [-0.3, -0.25) is 0 Å². The van der Waals surface area contributed by atoms with Gasteiger partial charge in [0, 0.05) is 17.5 Å². The fraction of sp³-hybridized carbons (Fsp3) is 0.364. The molecule has 140 valence electrons. The van der Waals surface area contributed by atoms with Crippen molar-refractivity contribution in [3.8, 4) is 5.69 Å². The first kappa shape index (κ1) is 18.2. The highest BCUT2D eigenvalue weighted by Crippen LogP contribution is 2.27. The number of aromatic nitrogens is 3. The maximum Gasteiger partial charge on any atom is 0.0863 e. The van der Waals surface area contributed by atoms with Crippen molar-refractivity contribution < 1.29 is 0 Å². The molecule has 2 heterocycles. The van der Waals surface area contributed by atoms with Crippen LogP contribution in [0.15, 0.2) is 54.7 Å². The molecule has 0 N–H and O–H groups in total. The number of piperidine rings is 1. The predicted molar refractivity (Wildman–Crippen MR) is 110 cm³/mol. The van der Waals surface area contributed by atoms with E-state index >= 15 is 0 Å². The molecule has 0 bridgehead atoms. The highest BCUT2D eigenvalue weighted by Gasteiger charge is 2.22. The SMILES string of the molecule is Cc1ccc(-n2cc(C3CCN(CCc4ccc(Cl)cc4)CC3)nn2)cc1. The molecule has 0 unspecified atom stereocenters. The highest BCUT2D eigenvalue weighted by molar-refractivity contribution is 6.30. The monoisotopic (exact) mass is 380 g/mol. The van der Waals surface area contributed by atoms with E-state index in [0.717, 1.165) is 55.3 Å². The molecule has 0 atom stereocenters. The minimum atomic E-state index is 0.510. The van der Waals surface area contributed by atoms with Crippen molar-refractivity contribution in [2.24, 2.45) is 0 Å². The smallest absolute Gasteiger partial charge is 0.0863 e. The van der Waals surface area contributed by atoms with E-state index in [4.69, 9.17) is 11.6 Å². The first-order chi connectivity index (χ1) is 13.2. The van der Waals surface area contributed by atoms with Crippen LogP contribution >= 0.6 is 11.6 Å². The molecule has 0 aliphatic carbocycles. The van der Waals surface area contributed by atoms with Gasteiger partial charge in [0.05, 0.1) is 17.6 Å². The number of nitrogens with zero attached hydrogens (tertiary/aromatic N) is 4. The van der Waals surface area contributed by atoms with E-state index in [1.807, 2.05) is 16.8 Å². The lowest BCUT2D eigenvalue weighted by molar-refractivity contribution is 0.213. The summed E-state index contributed by atoms with van der Waals surface area (Å²) in [5, 5.41) is 9.59. The summed E-state index contributed by atoms with van der Waals surface area (Å²) in [4.78, 5) is 2.55. The molecule has 4 rings (SSSR count). The van der Waals surface area contributed by atoms with E-state index in [2.05, 4.69) is 64.7 Å². The van der Waals surface area contributed by atoms with Crippen LogP contribution in [0.4, 0.5) is 0 Å². The number of halogens is 1. The average Bonchev–Trinajstić information content (AvgIpc) is 3.19.